The summed E-state index contributed by atoms with van der Waals surface area (Å²) in [5.74, 6) is 5.54. The largest absolute Gasteiger partial charge is 0.378 e. The molecule has 1 fully saturated rings. The number of carbonyl (C=O) groups is 1. The van der Waals surface area contributed by atoms with E-state index in [2.05, 4.69) is 37.2 Å². The molecule has 32 heavy (non-hydrogen) atoms. The fourth-order valence-corrected chi connectivity index (χ4v) is 3.45. The Kier molecular flexibility index (Phi) is 7.10. The number of rotatable bonds is 6. The minimum Gasteiger partial charge on any atom is -0.378 e. The van der Waals surface area contributed by atoms with E-state index in [0.717, 1.165) is 48.9 Å². The number of nitrogens with zero attached hydrogens (tertiary/aromatic N) is 3. The second-order valence-electron chi connectivity index (χ2n) is 7.41. The topological polar surface area (TPSA) is 83.1 Å². The van der Waals surface area contributed by atoms with E-state index in [1.54, 1.807) is 12.3 Å². The van der Waals surface area contributed by atoms with E-state index in [0.29, 0.717) is 31.0 Å². The lowest BCUT2D eigenvalue weighted by Crippen LogP contribution is -2.36. The summed E-state index contributed by atoms with van der Waals surface area (Å²) in [7, 11) is 0. The average Bonchev–Trinajstić information content (AvgIpc) is 3.35. The standard InChI is InChI=1S/C24H24FN5O2/c25-21-5-7-22(27-17-21)6-3-19-14-20(4-8-23(19)30-10-12-32-13-11-30)24(31)26-9-1-2-18-15-28-29-16-18/h4-5,7-8,14-17H,1-2,9-13H2,(H,26,31)(H,28,29). The number of carbonyl (C=O) groups excluding carboxylic acids is 1. The van der Waals surface area contributed by atoms with Gasteiger partial charge in [-0.2, -0.15) is 5.10 Å². The van der Waals surface area contributed by atoms with Gasteiger partial charge < -0.3 is 15.0 Å². The van der Waals surface area contributed by atoms with Gasteiger partial charge in [-0.15, -0.1) is 0 Å². The maximum atomic E-state index is 13.1. The molecule has 0 radical (unpaired) electrons. The summed E-state index contributed by atoms with van der Waals surface area (Å²) in [4.78, 5) is 18.9. The van der Waals surface area contributed by atoms with Crippen LogP contribution in [0, 0.1) is 17.7 Å². The summed E-state index contributed by atoms with van der Waals surface area (Å²) in [6.07, 6.45) is 6.44. The molecule has 2 N–H and O–H groups in total. The number of hydrogen-bond donors (Lipinski definition) is 2. The highest BCUT2D eigenvalue weighted by molar-refractivity contribution is 5.95. The molecule has 7 nitrogen and oxygen atoms in total. The van der Waals surface area contributed by atoms with Crippen molar-refractivity contribution in [1.29, 1.82) is 0 Å². The number of ether oxygens (including phenoxy) is 1. The molecule has 3 heterocycles. The van der Waals surface area contributed by atoms with Gasteiger partial charge in [0.2, 0.25) is 0 Å². The third-order valence-electron chi connectivity index (χ3n) is 5.15. The van der Waals surface area contributed by atoms with E-state index in [1.807, 2.05) is 18.3 Å². The predicted molar refractivity (Wildman–Crippen MR) is 119 cm³/mol. The van der Waals surface area contributed by atoms with Crippen LogP contribution in [0.25, 0.3) is 0 Å². The minimum atomic E-state index is -0.406. The first-order valence-electron chi connectivity index (χ1n) is 10.6. The highest BCUT2D eigenvalue weighted by Crippen LogP contribution is 2.23. The Bertz CT molecular complexity index is 1100. The molecular formula is C24H24FN5O2. The highest BCUT2D eigenvalue weighted by Gasteiger charge is 2.16. The van der Waals surface area contributed by atoms with E-state index >= 15 is 0 Å². The summed E-state index contributed by atoms with van der Waals surface area (Å²) in [6.45, 7) is 3.36. The lowest BCUT2D eigenvalue weighted by atomic mass is 10.1. The number of aryl methyl sites for hydroxylation is 1. The smallest absolute Gasteiger partial charge is 0.251 e. The van der Waals surface area contributed by atoms with Crippen molar-refractivity contribution >= 4 is 11.6 Å². The monoisotopic (exact) mass is 433 g/mol. The van der Waals surface area contributed by atoms with Crippen LogP contribution in [0.4, 0.5) is 10.1 Å². The van der Waals surface area contributed by atoms with Crippen molar-refractivity contribution in [2.75, 3.05) is 37.7 Å². The second kappa shape index (κ2) is 10.6. The zero-order valence-electron chi connectivity index (χ0n) is 17.6. The van der Waals surface area contributed by atoms with Crippen LogP contribution in [0.5, 0.6) is 0 Å². The minimum absolute atomic E-state index is 0.145. The molecule has 0 saturated carbocycles. The fraction of sp³-hybridized carbons (Fsp3) is 0.292. The number of benzene rings is 1. The predicted octanol–water partition coefficient (Wildman–Crippen LogP) is 2.54. The van der Waals surface area contributed by atoms with Crippen molar-refractivity contribution in [3.8, 4) is 11.8 Å². The number of nitrogens with one attached hydrogen (secondary N) is 2. The van der Waals surface area contributed by atoms with Gasteiger partial charge >= 0.3 is 0 Å². The van der Waals surface area contributed by atoms with Gasteiger partial charge in [0.25, 0.3) is 5.91 Å². The summed E-state index contributed by atoms with van der Waals surface area (Å²) >= 11 is 0. The number of anilines is 1. The van der Waals surface area contributed by atoms with E-state index in [1.165, 1.54) is 12.1 Å². The number of H-pyrrole nitrogens is 1. The van der Waals surface area contributed by atoms with Crippen LogP contribution in [0.15, 0.2) is 48.9 Å². The van der Waals surface area contributed by atoms with Crippen molar-refractivity contribution in [3.05, 3.63) is 77.1 Å². The number of amides is 1. The van der Waals surface area contributed by atoms with Crippen LogP contribution in [-0.4, -0.2) is 53.9 Å². The molecule has 1 saturated heterocycles. The molecule has 1 aliphatic rings. The number of hydrogen-bond acceptors (Lipinski definition) is 5. The number of halogens is 1. The maximum absolute atomic E-state index is 13.1. The van der Waals surface area contributed by atoms with E-state index in [4.69, 9.17) is 4.74 Å². The molecule has 0 bridgehead atoms. The lowest BCUT2D eigenvalue weighted by Gasteiger charge is -2.30. The molecule has 0 atom stereocenters. The van der Waals surface area contributed by atoms with Gasteiger partial charge in [0.1, 0.15) is 11.5 Å². The van der Waals surface area contributed by atoms with Crippen molar-refractivity contribution in [3.63, 3.8) is 0 Å². The van der Waals surface area contributed by atoms with Gasteiger partial charge in [-0.3, -0.25) is 9.89 Å². The molecule has 2 aromatic heterocycles. The maximum Gasteiger partial charge on any atom is 0.251 e. The van der Waals surface area contributed by atoms with Crippen LogP contribution in [0.2, 0.25) is 0 Å². The summed E-state index contributed by atoms with van der Waals surface area (Å²) in [5, 5.41) is 9.67. The average molecular weight is 433 g/mol. The molecule has 0 aliphatic carbocycles. The van der Waals surface area contributed by atoms with Gasteiger partial charge in [0.15, 0.2) is 0 Å². The first-order valence-corrected chi connectivity index (χ1v) is 10.6. The third-order valence-corrected chi connectivity index (χ3v) is 5.15. The molecule has 0 unspecified atom stereocenters. The summed E-state index contributed by atoms with van der Waals surface area (Å²) < 4.78 is 18.6. The zero-order valence-corrected chi connectivity index (χ0v) is 17.6. The Balaban J connectivity index is 1.49. The lowest BCUT2D eigenvalue weighted by molar-refractivity contribution is 0.0953. The highest BCUT2D eigenvalue weighted by atomic mass is 19.1. The molecule has 1 aromatic carbocycles. The quantitative estimate of drug-likeness (QED) is 0.461. The summed E-state index contributed by atoms with van der Waals surface area (Å²) in [5.41, 5.74) is 3.79. The SMILES string of the molecule is O=C(NCCCc1cn[nH]c1)c1ccc(N2CCOCC2)c(C#Cc2ccc(F)cn2)c1. The van der Waals surface area contributed by atoms with Gasteiger partial charge in [0.05, 0.1) is 31.3 Å². The van der Waals surface area contributed by atoms with Crippen LogP contribution >= 0.6 is 0 Å². The molecular weight excluding hydrogens is 409 g/mol. The Labute approximate surface area is 186 Å². The molecule has 0 spiro atoms. The molecule has 1 amide bonds. The molecule has 4 rings (SSSR count). The van der Waals surface area contributed by atoms with Gasteiger partial charge in [-0.25, -0.2) is 9.37 Å². The first-order chi connectivity index (χ1) is 15.7. The van der Waals surface area contributed by atoms with Crippen LogP contribution in [0.1, 0.15) is 33.6 Å². The Morgan fingerprint density at radius 3 is 2.81 bits per heavy atom. The van der Waals surface area contributed by atoms with Gasteiger partial charge in [-0.05, 0) is 54.7 Å². The number of aromatic amines is 1. The molecule has 8 heteroatoms. The van der Waals surface area contributed by atoms with Crippen molar-refractivity contribution in [2.24, 2.45) is 0 Å². The fourth-order valence-electron chi connectivity index (χ4n) is 3.45. The molecule has 164 valence electrons. The van der Waals surface area contributed by atoms with E-state index in [9.17, 15) is 9.18 Å². The number of aromatic nitrogens is 3. The van der Waals surface area contributed by atoms with Crippen molar-refractivity contribution in [2.45, 2.75) is 12.8 Å². The Hall–Kier alpha value is -3.70. The zero-order chi connectivity index (χ0) is 22.2. The van der Waals surface area contributed by atoms with E-state index in [-0.39, 0.29) is 5.91 Å². The summed E-state index contributed by atoms with van der Waals surface area (Å²) in [6, 6.07) is 8.40. The van der Waals surface area contributed by atoms with Crippen LogP contribution in [0.3, 0.4) is 0 Å². The van der Waals surface area contributed by atoms with Gasteiger partial charge in [0, 0.05) is 37.0 Å². The number of morpholine rings is 1. The molecule has 3 aromatic rings. The third kappa shape index (κ3) is 5.71. The van der Waals surface area contributed by atoms with Crippen molar-refractivity contribution < 1.29 is 13.9 Å². The first kappa shape index (κ1) is 21.5. The van der Waals surface area contributed by atoms with Crippen LogP contribution in [-0.2, 0) is 11.2 Å². The normalized spacial score (nSPS) is 13.3. The van der Waals surface area contributed by atoms with Crippen LogP contribution < -0.4 is 10.2 Å². The molecule has 1 aliphatic heterocycles. The van der Waals surface area contributed by atoms with E-state index < -0.39 is 5.82 Å². The second-order valence-corrected chi connectivity index (χ2v) is 7.41. The Morgan fingerprint density at radius 1 is 1.19 bits per heavy atom. The number of pyridine rings is 1. The Morgan fingerprint density at radius 2 is 2.06 bits per heavy atom. The van der Waals surface area contributed by atoms with Gasteiger partial charge in [-0.1, -0.05) is 5.92 Å². The van der Waals surface area contributed by atoms with Crippen molar-refractivity contribution in [1.82, 2.24) is 20.5 Å².